The van der Waals surface area contributed by atoms with Gasteiger partial charge in [0.05, 0.1) is 11.1 Å². The lowest BCUT2D eigenvalue weighted by molar-refractivity contribution is 0.0793. The van der Waals surface area contributed by atoms with Crippen molar-refractivity contribution < 1.29 is 9.59 Å². The van der Waals surface area contributed by atoms with Crippen LogP contribution in [0.2, 0.25) is 0 Å². The number of pyridine rings is 1. The van der Waals surface area contributed by atoms with Crippen molar-refractivity contribution in [3.05, 3.63) is 53.9 Å². The molecule has 0 aliphatic carbocycles. The molecule has 1 aromatic carbocycles. The number of carbonyl (C=O) groups is 2. The standard InChI is InChI=1S/C23H30N4O2/c1-3-4-12-26(2)23(29)19-15-18(16-24-17-19)22(28)25-20-8-10-21(11-9-20)27-13-6-5-7-14-27/h8-11,15-17H,3-7,12-14H2,1-2H3,(H,25,28). The van der Waals surface area contributed by atoms with E-state index in [9.17, 15) is 9.59 Å². The van der Waals surface area contributed by atoms with Crippen molar-refractivity contribution in [1.29, 1.82) is 0 Å². The predicted molar refractivity (Wildman–Crippen MR) is 117 cm³/mol. The molecule has 0 spiro atoms. The average molecular weight is 395 g/mol. The molecule has 6 heteroatoms. The molecule has 1 aromatic heterocycles. The fourth-order valence-electron chi connectivity index (χ4n) is 3.51. The summed E-state index contributed by atoms with van der Waals surface area (Å²) in [4.78, 5) is 33.3. The molecular formula is C23H30N4O2. The minimum atomic E-state index is -0.269. The number of piperidine rings is 1. The van der Waals surface area contributed by atoms with Gasteiger partial charge in [-0.15, -0.1) is 0 Å². The van der Waals surface area contributed by atoms with Crippen LogP contribution in [-0.4, -0.2) is 48.4 Å². The molecule has 0 atom stereocenters. The highest BCUT2D eigenvalue weighted by Crippen LogP contribution is 2.22. The number of anilines is 2. The van der Waals surface area contributed by atoms with Gasteiger partial charge in [0.1, 0.15) is 0 Å². The highest BCUT2D eigenvalue weighted by Gasteiger charge is 2.15. The molecule has 2 aromatic rings. The number of amides is 2. The van der Waals surface area contributed by atoms with Crippen LogP contribution in [0.4, 0.5) is 11.4 Å². The van der Waals surface area contributed by atoms with E-state index in [0.29, 0.717) is 17.7 Å². The van der Waals surface area contributed by atoms with Gasteiger partial charge >= 0.3 is 0 Å². The molecule has 0 bridgehead atoms. The summed E-state index contributed by atoms with van der Waals surface area (Å²) in [5.41, 5.74) is 2.72. The maximum absolute atomic E-state index is 12.6. The first-order chi connectivity index (χ1) is 14.1. The maximum Gasteiger partial charge on any atom is 0.257 e. The minimum Gasteiger partial charge on any atom is -0.372 e. The van der Waals surface area contributed by atoms with Gasteiger partial charge in [0.25, 0.3) is 11.8 Å². The van der Waals surface area contributed by atoms with Crippen LogP contribution in [0.15, 0.2) is 42.7 Å². The third-order valence-corrected chi connectivity index (χ3v) is 5.29. The van der Waals surface area contributed by atoms with Gasteiger partial charge in [0.2, 0.25) is 0 Å². The number of hydrogen-bond donors (Lipinski definition) is 1. The van der Waals surface area contributed by atoms with Gasteiger partial charge in [0, 0.05) is 50.5 Å². The molecule has 2 amide bonds. The SMILES string of the molecule is CCCCN(C)C(=O)c1cncc(C(=O)Nc2ccc(N3CCCCC3)cc2)c1. The van der Waals surface area contributed by atoms with Crippen LogP contribution in [-0.2, 0) is 0 Å². The molecule has 1 saturated heterocycles. The van der Waals surface area contributed by atoms with Gasteiger partial charge in [-0.05, 0) is 56.0 Å². The molecule has 3 rings (SSSR count). The van der Waals surface area contributed by atoms with E-state index < -0.39 is 0 Å². The second-order valence-corrected chi connectivity index (χ2v) is 7.59. The molecule has 154 valence electrons. The van der Waals surface area contributed by atoms with Gasteiger partial charge in [-0.3, -0.25) is 14.6 Å². The summed E-state index contributed by atoms with van der Waals surface area (Å²) in [5, 5.41) is 2.90. The van der Waals surface area contributed by atoms with Gasteiger partial charge in [-0.1, -0.05) is 13.3 Å². The lowest BCUT2D eigenvalue weighted by atomic mass is 10.1. The Labute approximate surface area is 172 Å². The van der Waals surface area contributed by atoms with E-state index in [0.717, 1.165) is 31.6 Å². The van der Waals surface area contributed by atoms with Crippen LogP contribution in [0.3, 0.4) is 0 Å². The predicted octanol–water partition coefficient (Wildman–Crippen LogP) is 4.20. The lowest BCUT2D eigenvalue weighted by Gasteiger charge is -2.28. The van der Waals surface area contributed by atoms with Gasteiger partial charge in [-0.25, -0.2) is 0 Å². The molecule has 1 N–H and O–H groups in total. The number of benzene rings is 1. The second-order valence-electron chi connectivity index (χ2n) is 7.59. The van der Waals surface area contributed by atoms with Gasteiger partial charge in [-0.2, -0.15) is 0 Å². The number of rotatable bonds is 7. The third-order valence-electron chi connectivity index (χ3n) is 5.29. The Morgan fingerprint density at radius 2 is 1.76 bits per heavy atom. The fraction of sp³-hybridized carbons (Fsp3) is 0.435. The molecule has 1 fully saturated rings. The number of nitrogens with zero attached hydrogens (tertiary/aromatic N) is 3. The summed E-state index contributed by atoms with van der Waals surface area (Å²) in [6.45, 7) is 4.95. The summed E-state index contributed by atoms with van der Waals surface area (Å²) in [6, 6.07) is 9.53. The van der Waals surface area contributed by atoms with Crippen molar-refractivity contribution in [2.45, 2.75) is 39.0 Å². The Balaban J connectivity index is 1.64. The van der Waals surface area contributed by atoms with E-state index >= 15 is 0 Å². The number of aromatic nitrogens is 1. The second kappa shape index (κ2) is 10.0. The van der Waals surface area contributed by atoms with Crippen LogP contribution >= 0.6 is 0 Å². The van der Waals surface area contributed by atoms with E-state index in [1.54, 1.807) is 18.0 Å². The number of nitrogens with one attached hydrogen (secondary N) is 1. The van der Waals surface area contributed by atoms with Crippen molar-refractivity contribution in [3.8, 4) is 0 Å². The molecule has 1 aliphatic heterocycles. The van der Waals surface area contributed by atoms with E-state index in [-0.39, 0.29) is 11.8 Å². The summed E-state index contributed by atoms with van der Waals surface area (Å²) in [7, 11) is 1.77. The topological polar surface area (TPSA) is 65.5 Å². The van der Waals surface area contributed by atoms with Crippen molar-refractivity contribution >= 4 is 23.2 Å². The average Bonchev–Trinajstić information content (AvgIpc) is 2.78. The van der Waals surface area contributed by atoms with Crippen LogP contribution in [0.5, 0.6) is 0 Å². The van der Waals surface area contributed by atoms with Crippen LogP contribution in [0.25, 0.3) is 0 Å². The minimum absolute atomic E-state index is 0.119. The van der Waals surface area contributed by atoms with E-state index in [1.807, 2.05) is 24.3 Å². The Morgan fingerprint density at radius 3 is 2.45 bits per heavy atom. The Bertz CT molecular complexity index is 829. The molecule has 1 aliphatic rings. The van der Waals surface area contributed by atoms with Crippen molar-refractivity contribution in [2.75, 3.05) is 36.9 Å². The zero-order valence-electron chi connectivity index (χ0n) is 17.4. The first-order valence-electron chi connectivity index (χ1n) is 10.5. The summed E-state index contributed by atoms with van der Waals surface area (Å²) >= 11 is 0. The van der Waals surface area contributed by atoms with Crippen molar-refractivity contribution in [3.63, 3.8) is 0 Å². The summed E-state index contributed by atoms with van der Waals surface area (Å²) in [5.74, 6) is -0.388. The first-order valence-corrected chi connectivity index (χ1v) is 10.5. The smallest absolute Gasteiger partial charge is 0.257 e. The lowest BCUT2D eigenvalue weighted by Crippen LogP contribution is -2.29. The Kier molecular flexibility index (Phi) is 7.22. The number of hydrogen-bond acceptors (Lipinski definition) is 4. The molecule has 0 unspecified atom stereocenters. The largest absolute Gasteiger partial charge is 0.372 e. The van der Waals surface area contributed by atoms with E-state index in [4.69, 9.17) is 0 Å². The Hall–Kier alpha value is -2.89. The third kappa shape index (κ3) is 5.56. The molecule has 0 saturated carbocycles. The normalized spacial score (nSPS) is 13.8. The van der Waals surface area contributed by atoms with E-state index in [2.05, 4.69) is 22.1 Å². The zero-order chi connectivity index (χ0) is 20.6. The monoisotopic (exact) mass is 394 g/mol. The Morgan fingerprint density at radius 1 is 1.07 bits per heavy atom. The molecule has 0 radical (unpaired) electrons. The zero-order valence-corrected chi connectivity index (χ0v) is 17.4. The van der Waals surface area contributed by atoms with E-state index in [1.165, 1.54) is 37.3 Å². The van der Waals surface area contributed by atoms with Gasteiger partial charge < -0.3 is 15.1 Å². The highest BCUT2D eigenvalue weighted by atomic mass is 16.2. The summed E-state index contributed by atoms with van der Waals surface area (Å²) < 4.78 is 0. The van der Waals surface area contributed by atoms with Crippen LogP contribution in [0, 0.1) is 0 Å². The molecule has 6 nitrogen and oxygen atoms in total. The molecule has 2 heterocycles. The van der Waals surface area contributed by atoms with Crippen molar-refractivity contribution in [2.24, 2.45) is 0 Å². The quantitative estimate of drug-likeness (QED) is 0.764. The molecule has 29 heavy (non-hydrogen) atoms. The number of unbranched alkanes of at least 4 members (excludes halogenated alkanes) is 1. The molecular weight excluding hydrogens is 364 g/mol. The van der Waals surface area contributed by atoms with Crippen LogP contribution < -0.4 is 10.2 Å². The van der Waals surface area contributed by atoms with Gasteiger partial charge in [0.15, 0.2) is 0 Å². The van der Waals surface area contributed by atoms with Crippen molar-refractivity contribution in [1.82, 2.24) is 9.88 Å². The maximum atomic E-state index is 12.6. The summed E-state index contributed by atoms with van der Waals surface area (Å²) in [6.07, 6.45) is 8.73. The highest BCUT2D eigenvalue weighted by molar-refractivity contribution is 6.05. The first kappa shape index (κ1) is 20.8. The number of carbonyl (C=O) groups excluding carboxylic acids is 2. The van der Waals surface area contributed by atoms with Crippen LogP contribution in [0.1, 0.15) is 59.7 Å². The fourth-order valence-corrected chi connectivity index (χ4v) is 3.51.